The van der Waals surface area contributed by atoms with Gasteiger partial charge in [-0.1, -0.05) is 54.6 Å². The summed E-state index contributed by atoms with van der Waals surface area (Å²) in [5.74, 6) is 0.0563. The molecule has 2 unspecified atom stereocenters. The van der Waals surface area contributed by atoms with Crippen LogP contribution in [0.3, 0.4) is 0 Å². The van der Waals surface area contributed by atoms with Crippen molar-refractivity contribution in [2.75, 3.05) is 7.11 Å². The lowest BCUT2D eigenvalue weighted by molar-refractivity contribution is -0.159. The summed E-state index contributed by atoms with van der Waals surface area (Å²) in [6, 6.07) is 21.2. The Balaban J connectivity index is 2.22. The van der Waals surface area contributed by atoms with Crippen LogP contribution in [-0.2, 0) is 19.1 Å². The molecule has 0 aromatic heterocycles. The minimum absolute atomic E-state index is 0.316. The monoisotopic (exact) mass is 516 g/mol. The lowest BCUT2D eigenvalue weighted by Crippen LogP contribution is -2.28. The van der Waals surface area contributed by atoms with Gasteiger partial charge in [0.2, 0.25) is 0 Å². The van der Waals surface area contributed by atoms with Crippen molar-refractivity contribution in [1.82, 2.24) is 0 Å². The molecule has 0 heterocycles. The molecule has 0 aliphatic carbocycles. The predicted octanol–water partition coefficient (Wildman–Crippen LogP) is 7.67. The molecule has 0 saturated heterocycles. The normalized spacial score (nSPS) is 13.4. The summed E-state index contributed by atoms with van der Waals surface area (Å²) in [6.45, 7) is 15.1. The number of esters is 2. The molecule has 202 valence electrons. The third kappa shape index (κ3) is 6.83. The van der Waals surface area contributed by atoms with E-state index in [1.807, 2.05) is 109 Å². The van der Waals surface area contributed by atoms with Crippen LogP contribution in [0.15, 0.2) is 66.7 Å². The molecule has 0 fully saturated rings. The van der Waals surface area contributed by atoms with E-state index in [4.69, 9.17) is 14.2 Å². The van der Waals surface area contributed by atoms with E-state index in [1.165, 1.54) is 0 Å². The highest BCUT2D eigenvalue weighted by molar-refractivity contribution is 5.77. The van der Waals surface area contributed by atoms with E-state index >= 15 is 0 Å². The summed E-state index contributed by atoms with van der Waals surface area (Å²) in [6.07, 6.45) is -1.41. The molecular formula is C33H40O5. The van der Waals surface area contributed by atoms with Crippen LogP contribution in [0.2, 0.25) is 0 Å². The molecule has 0 saturated carbocycles. The van der Waals surface area contributed by atoms with Gasteiger partial charge in [-0.25, -0.2) is 0 Å². The quantitative estimate of drug-likeness (QED) is 0.302. The van der Waals surface area contributed by atoms with Gasteiger partial charge in [-0.3, -0.25) is 9.59 Å². The van der Waals surface area contributed by atoms with Crippen molar-refractivity contribution in [3.63, 3.8) is 0 Å². The second-order valence-electron chi connectivity index (χ2n) is 11.8. The van der Waals surface area contributed by atoms with Crippen molar-refractivity contribution in [2.24, 2.45) is 10.8 Å². The SMILES string of the molecule is COc1ccc(C(OC(=O)C(C)(C)C)c2ccccc2C(OC(=O)C(C)(C)C)c2ccc(C)c(C)c2)cc1. The number of aryl methyl sites for hydroxylation is 2. The van der Waals surface area contributed by atoms with Crippen LogP contribution in [0.25, 0.3) is 0 Å². The van der Waals surface area contributed by atoms with Crippen LogP contribution < -0.4 is 4.74 Å². The molecule has 0 bridgehead atoms. The number of carbonyl (C=O) groups excluding carboxylic acids is 2. The van der Waals surface area contributed by atoms with Crippen LogP contribution in [0, 0.1) is 24.7 Å². The third-order valence-corrected chi connectivity index (χ3v) is 6.49. The number of carbonyl (C=O) groups is 2. The highest BCUT2D eigenvalue weighted by atomic mass is 16.6. The Morgan fingerprint density at radius 2 is 1.08 bits per heavy atom. The van der Waals surface area contributed by atoms with E-state index in [9.17, 15) is 9.59 Å². The first kappa shape index (κ1) is 29.0. The second-order valence-corrected chi connectivity index (χ2v) is 11.8. The van der Waals surface area contributed by atoms with Crippen molar-refractivity contribution in [3.8, 4) is 5.75 Å². The molecule has 3 rings (SSSR count). The predicted molar refractivity (Wildman–Crippen MR) is 150 cm³/mol. The van der Waals surface area contributed by atoms with E-state index in [0.717, 1.165) is 33.4 Å². The zero-order valence-electron chi connectivity index (χ0n) is 24.0. The smallest absolute Gasteiger partial charge is 0.312 e. The summed E-state index contributed by atoms with van der Waals surface area (Å²) >= 11 is 0. The highest BCUT2D eigenvalue weighted by Gasteiger charge is 2.33. The van der Waals surface area contributed by atoms with Gasteiger partial charge in [0.05, 0.1) is 17.9 Å². The molecule has 5 nitrogen and oxygen atoms in total. The van der Waals surface area contributed by atoms with Gasteiger partial charge in [0, 0.05) is 11.1 Å². The summed E-state index contributed by atoms with van der Waals surface area (Å²) < 4.78 is 17.7. The summed E-state index contributed by atoms with van der Waals surface area (Å²) in [5, 5.41) is 0. The van der Waals surface area contributed by atoms with Crippen LogP contribution in [0.4, 0.5) is 0 Å². The molecule has 0 N–H and O–H groups in total. The van der Waals surface area contributed by atoms with Crippen LogP contribution in [0.1, 0.15) is 87.1 Å². The topological polar surface area (TPSA) is 61.8 Å². The highest BCUT2D eigenvalue weighted by Crippen LogP contribution is 2.39. The maximum absolute atomic E-state index is 13.2. The summed E-state index contributed by atoms with van der Waals surface area (Å²) in [5.41, 5.74) is 4.01. The first-order valence-corrected chi connectivity index (χ1v) is 12.9. The fourth-order valence-corrected chi connectivity index (χ4v) is 3.88. The number of ether oxygens (including phenoxy) is 3. The third-order valence-electron chi connectivity index (χ3n) is 6.49. The Labute approximate surface area is 227 Å². The molecule has 3 aromatic rings. The van der Waals surface area contributed by atoms with E-state index in [2.05, 4.69) is 13.0 Å². The Morgan fingerprint density at radius 1 is 0.632 bits per heavy atom. The van der Waals surface area contributed by atoms with E-state index < -0.39 is 23.0 Å². The van der Waals surface area contributed by atoms with Crippen molar-refractivity contribution in [2.45, 2.75) is 67.6 Å². The number of hydrogen-bond acceptors (Lipinski definition) is 5. The largest absolute Gasteiger partial charge is 0.497 e. The molecule has 0 radical (unpaired) electrons. The molecule has 38 heavy (non-hydrogen) atoms. The fraction of sp³-hybridized carbons (Fsp3) is 0.394. The van der Waals surface area contributed by atoms with Gasteiger partial charge in [0.25, 0.3) is 0 Å². The van der Waals surface area contributed by atoms with E-state index in [0.29, 0.717) is 5.75 Å². The van der Waals surface area contributed by atoms with Crippen LogP contribution in [-0.4, -0.2) is 19.0 Å². The molecule has 0 aliphatic rings. The number of methoxy groups -OCH3 is 1. The average Bonchev–Trinajstić information content (AvgIpc) is 2.86. The molecule has 3 aromatic carbocycles. The van der Waals surface area contributed by atoms with Gasteiger partial charge in [0.15, 0.2) is 12.2 Å². The zero-order chi connectivity index (χ0) is 28.3. The second kappa shape index (κ2) is 11.4. The first-order chi connectivity index (χ1) is 17.7. The Bertz CT molecular complexity index is 1280. The first-order valence-electron chi connectivity index (χ1n) is 12.9. The van der Waals surface area contributed by atoms with Gasteiger partial charge in [-0.15, -0.1) is 0 Å². The summed E-state index contributed by atoms with van der Waals surface area (Å²) in [4.78, 5) is 26.3. The molecule has 2 atom stereocenters. The van der Waals surface area contributed by atoms with Crippen LogP contribution >= 0.6 is 0 Å². The standard InChI is InChI=1S/C33H40O5/c1-21-14-15-24(20-22(21)2)29(38-31(35)33(6,7)8)27-13-11-10-12-26(27)28(37-30(34)32(3,4)5)23-16-18-25(36-9)19-17-23/h10-20,28-29H,1-9H3. The zero-order valence-corrected chi connectivity index (χ0v) is 24.0. The minimum atomic E-state index is -0.716. The number of benzene rings is 3. The molecular weight excluding hydrogens is 476 g/mol. The summed E-state index contributed by atoms with van der Waals surface area (Å²) in [7, 11) is 1.61. The van der Waals surface area contributed by atoms with Gasteiger partial charge < -0.3 is 14.2 Å². The van der Waals surface area contributed by atoms with Crippen molar-refractivity contribution < 1.29 is 23.8 Å². The Morgan fingerprint density at radius 3 is 1.50 bits per heavy atom. The fourth-order valence-electron chi connectivity index (χ4n) is 3.88. The lowest BCUT2D eigenvalue weighted by Gasteiger charge is -2.29. The molecule has 0 aliphatic heterocycles. The maximum atomic E-state index is 13.2. The minimum Gasteiger partial charge on any atom is -0.497 e. The lowest BCUT2D eigenvalue weighted by atomic mass is 9.89. The Hall–Kier alpha value is -3.60. The van der Waals surface area contributed by atoms with Crippen LogP contribution in [0.5, 0.6) is 5.75 Å². The Kier molecular flexibility index (Phi) is 8.71. The van der Waals surface area contributed by atoms with Crippen molar-refractivity contribution in [1.29, 1.82) is 0 Å². The molecule has 0 spiro atoms. The van der Waals surface area contributed by atoms with E-state index in [1.54, 1.807) is 7.11 Å². The van der Waals surface area contributed by atoms with Gasteiger partial charge in [-0.05, 0) is 89.8 Å². The van der Waals surface area contributed by atoms with Gasteiger partial charge >= 0.3 is 11.9 Å². The van der Waals surface area contributed by atoms with Gasteiger partial charge in [-0.2, -0.15) is 0 Å². The van der Waals surface area contributed by atoms with Gasteiger partial charge in [0.1, 0.15) is 5.75 Å². The average molecular weight is 517 g/mol. The number of rotatable bonds is 7. The van der Waals surface area contributed by atoms with E-state index in [-0.39, 0.29) is 11.9 Å². The maximum Gasteiger partial charge on any atom is 0.312 e. The van der Waals surface area contributed by atoms with Crippen molar-refractivity contribution >= 4 is 11.9 Å². The van der Waals surface area contributed by atoms with Crippen molar-refractivity contribution in [3.05, 3.63) is 100 Å². The number of hydrogen-bond donors (Lipinski definition) is 0. The molecule has 0 amide bonds. The molecule has 5 heteroatoms.